The molecule has 0 aromatic heterocycles. The van der Waals surface area contributed by atoms with Crippen molar-refractivity contribution in [3.05, 3.63) is 29.8 Å². The summed E-state index contributed by atoms with van der Waals surface area (Å²) in [5, 5.41) is 3.04. The number of hydrogen-bond donors (Lipinski definition) is 2. The van der Waals surface area contributed by atoms with E-state index in [0.717, 1.165) is 12.1 Å². The molecule has 0 amide bonds. The van der Waals surface area contributed by atoms with Crippen LogP contribution in [0.4, 0.5) is 0 Å². The molecule has 0 radical (unpaired) electrons. The molecule has 0 spiro atoms. The number of benzene rings is 1. The first-order valence-corrected chi connectivity index (χ1v) is 8.70. The molecular formula is C15H24N2O3S. The van der Waals surface area contributed by atoms with Crippen LogP contribution >= 0.6 is 0 Å². The van der Waals surface area contributed by atoms with Crippen LogP contribution in [-0.4, -0.2) is 33.7 Å². The van der Waals surface area contributed by atoms with E-state index >= 15 is 0 Å². The Morgan fingerprint density at radius 1 is 1.29 bits per heavy atom. The van der Waals surface area contributed by atoms with Crippen LogP contribution in [0.25, 0.3) is 0 Å². The first-order chi connectivity index (χ1) is 9.82. The minimum atomic E-state index is -3.47. The summed E-state index contributed by atoms with van der Waals surface area (Å²) in [6.45, 7) is 5.28. The standard InChI is InChI=1S/C15H24N2O3S/c1-15(2)10-13(8-9-20-15)17-21(18,19)14-6-4-12(5-7-14)11-16-3/h4-7,13,16-17H,8-11H2,1-3H3. The smallest absolute Gasteiger partial charge is 0.240 e. The number of hydrogen-bond acceptors (Lipinski definition) is 4. The van der Waals surface area contributed by atoms with Crippen molar-refractivity contribution in [1.29, 1.82) is 0 Å². The van der Waals surface area contributed by atoms with Crippen molar-refractivity contribution in [2.75, 3.05) is 13.7 Å². The van der Waals surface area contributed by atoms with Gasteiger partial charge in [0.05, 0.1) is 10.5 Å². The maximum absolute atomic E-state index is 12.4. The summed E-state index contributed by atoms with van der Waals surface area (Å²) >= 11 is 0. The highest BCUT2D eigenvalue weighted by Crippen LogP contribution is 2.25. The molecule has 118 valence electrons. The van der Waals surface area contributed by atoms with E-state index in [0.29, 0.717) is 24.3 Å². The van der Waals surface area contributed by atoms with Gasteiger partial charge in [0.25, 0.3) is 0 Å². The van der Waals surface area contributed by atoms with E-state index in [2.05, 4.69) is 10.0 Å². The van der Waals surface area contributed by atoms with Crippen LogP contribution in [-0.2, 0) is 21.3 Å². The van der Waals surface area contributed by atoms with Crippen molar-refractivity contribution in [3.8, 4) is 0 Å². The van der Waals surface area contributed by atoms with Gasteiger partial charge in [-0.05, 0) is 51.4 Å². The lowest BCUT2D eigenvalue weighted by Gasteiger charge is -2.35. The monoisotopic (exact) mass is 312 g/mol. The molecule has 1 aliphatic rings. The fourth-order valence-electron chi connectivity index (χ4n) is 2.61. The minimum absolute atomic E-state index is 0.0734. The Kier molecular flexibility index (Phi) is 5.03. The lowest BCUT2D eigenvalue weighted by atomic mass is 9.95. The van der Waals surface area contributed by atoms with Gasteiger partial charge in [-0.25, -0.2) is 13.1 Å². The van der Waals surface area contributed by atoms with Crippen molar-refractivity contribution in [3.63, 3.8) is 0 Å². The molecule has 0 aliphatic carbocycles. The van der Waals surface area contributed by atoms with Gasteiger partial charge in [-0.2, -0.15) is 0 Å². The molecule has 21 heavy (non-hydrogen) atoms. The number of rotatable bonds is 5. The predicted octanol–water partition coefficient (Wildman–Crippen LogP) is 1.64. The van der Waals surface area contributed by atoms with Crippen molar-refractivity contribution in [1.82, 2.24) is 10.0 Å². The normalized spacial score (nSPS) is 22.1. The zero-order valence-corrected chi connectivity index (χ0v) is 13.7. The van der Waals surface area contributed by atoms with E-state index in [4.69, 9.17) is 4.74 Å². The van der Waals surface area contributed by atoms with Crippen molar-refractivity contribution in [2.24, 2.45) is 0 Å². The summed E-state index contributed by atoms with van der Waals surface area (Å²) in [4.78, 5) is 0.312. The topological polar surface area (TPSA) is 67.4 Å². The average Bonchev–Trinajstić information content (AvgIpc) is 2.38. The maximum atomic E-state index is 12.4. The van der Waals surface area contributed by atoms with Crippen LogP contribution in [0.3, 0.4) is 0 Å². The van der Waals surface area contributed by atoms with Crippen LogP contribution in [0.2, 0.25) is 0 Å². The molecule has 6 heteroatoms. The highest BCUT2D eigenvalue weighted by atomic mass is 32.2. The Hall–Kier alpha value is -0.950. The summed E-state index contributed by atoms with van der Waals surface area (Å²) in [5.41, 5.74) is 0.783. The van der Waals surface area contributed by atoms with Crippen molar-refractivity contribution < 1.29 is 13.2 Å². The third-order valence-electron chi connectivity index (χ3n) is 3.63. The second-order valence-corrected chi connectivity index (χ2v) is 7.81. The Morgan fingerprint density at radius 2 is 1.95 bits per heavy atom. The second kappa shape index (κ2) is 6.44. The van der Waals surface area contributed by atoms with Gasteiger partial charge in [-0.1, -0.05) is 12.1 Å². The van der Waals surface area contributed by atoms with Gasteiger partial charge in [0.15, 0.2) is 0 Å². The lowest BCUT2D eigenvalue weighted by molar-refractivity contribution is -0.0599. The van der Waals surface area contributed by atoms with Gasteiger partial charge in [0.1, 0.15) is 0 Å². The van der Waals surface area contributed by atoms with E-state index in [1.165, 1.54) is 0 Å². The molecular weight excluding hydrogens is 288 g/mol. The Bertz CT molecular complexity index is 567. The highest BCUT2D eigenvalue weighted by molar-refractivity contribution is 7.89. The van der Waals surface area contributed by atoms with E-state index in [-0.39, 0.29) is 11.6 Å². The molecule has 1 atom stereocenters. The van der Waals surface area contributed by atoms with Gasteiger partial charge in [-0.15, -0.1) is 0 Å². The highest BCUT2D eigenvalue weighted by Gasteiger charge is 2.31. The summed E-state index contributed by atoms with van der Waals surface area (Å²) < 4.78 is 33.2. The fraction of sp³-hybridized carbons (Fsp3) is 0.600. The van der Waals surface area contributed by atoms with Gasteiger partial charge in [-0.3, -0.25) is 0 Å². The van der Waals surface area contributed by atoms with Crippen LogP contribution < -0.4 is 10.0 Å². The van der Waals surface area contributed by atoms with Crippen LogP contribution in [0.15, 0.2) is 29.2 Å². The van der Waals surface area contributed by atoms with Gasteiger partial charge in [0, 0.05) is 19.2 Å². The van der Waals surface area contributed by atoms with Crippen molar-refractivity contribution >= 4 is 10.0 Å². The molecule has 1 fully saturated rings. The third-order valence-corrected chi connectivity index (χ3v) is 5.17. The summed E-state index contributed by atoms with van der Waals surface area (Å²) in [5.74, 6) is 0. The Labute approximate surface area is 127 Å². The number of nitrogens with one attached hydrogen (secondary N) is 2. The molecule has 1 aliphatic heterocycles. The molecule has 1 saturated heterocycles. The van der Waals surface area contributed by atoms with E-state index in [9.17, 15) is 8.42 Å². The van der Waals surface area contributed by atoms with Crippen LogP contribution in [0.1, 0.15) is 32.3 Å². The Morgan fingerprint density at radius 3 is 2.52 bits per heavy atom. The molecule has 1 unspecified atom stereocenters. The van der Waals surface area contributed by atoms with Crippen molar-refractivity contribution in [2.45, 2.75) is 49.8 Å². The van der Waals surface area contributed by atoms with E-state index < -0.39 is 10.0 Å². The molecule has 2 N–H and O–H groups in total. The van der Waals surface area contributed by atoms with Gasteiger partial charge >= 0.3 is 0 Å². The second-order valence-electron chi connectivity index (χ2n) is 6.09. The van der Waals surface area contributed by atoms with Gasteiger partial charge < -0.3 is 10.1 Å². The lowest BCUT2D eigenvalue weighted by Crippen LogP contribution is -2.45. The Balaban J connectivity index is 2.07. The summed E-state index contributed by atoms with van der Waals surface area (Å²) in [6.07, 6.45) is 1.39. The molecule has 0 bridgehead atoms. The summed E-state index contributed by atoms with van der Waals surface area (Å²) in [7, 11) is -1.61. The summed E-state index contributed by atoms with van der Waals surface area (Å²) in [6, 6.07) is 6.90. The first-order valence-electron chi connectivity index (χ1n) is 7.22. The molecule has 1 heterocycles. The zero-order chi connectivity index (χ0) is 15.5. The molecule has 1 aromatic rings. The van der Waals surface area contributed by atoms with E-state index in [1.54, 1.807) is 12.1 Å². The molecule has 1 aromatic carbocycles. The quantitative estimate of drug-likeness (QED) is 0.867. The molecule has 0 saturated carbocycles. The number of ether oxygens (including phenoxy) is 1. The maximum Gasteiger partial charge on any atom is 0.240 e. The largest absolute Gasteiger partial charge is 0.375 e. The predicted molar refractivity (Wildman–Crippen MR) is 82.6 cm³/mol. The van der Waals surface area contributed by atoms with Crippen LogP contribution in [0, 0.1) is 0 Å². The average molecular weight is 312 g/mol. The third kappa shape index (κ3) is 4.51. The SMILES string of the molecule is CNCc1ccc(S(=O)(=O)NC2CCOC(C)(C)C2)cc1. The molecule has 2 rings (SSSR count). The zero-order valence-electron chi connectivity index (χ0n) is 12.8. The van der Waals surface area contributed by atoms with Crippen LogP contribution in [0.5, 0.6) is 0 Å². The molecule has 5 nitrogen and oxygen atoms in total. The van der Waals surface area contributed by atoms with Gasteiger partial charge in [0.2, 0.25) is 10.0 Å². The first kappa shape index (κ1) is 16.4. The minimum Gasteiger partial charge on any atom is -0.375 e. The number of sulfonamides is 1. The fourth-order valence-corrected chi connectivity index (χ4v) is 3.88. The van der Waals surface area contributed by atoms with E-state index in [1.807, 2.05) is 33.0 Å².